The Hall–Kier alpha value is -0.820. The highest BCUT2D eigenvalue weighted by molar-refractivity contribution is 7.69. The molecule has 1 aromatic heterocycles. The second-order valence-corrected chi connectivity index (χ2v) is 6.61. The lowest BCUT2D eigenvalue weighted by molar-refractivity contribution is 0.588. The van der Waals surface area contributed by atoms with E-state index < -0.39 is 7.14 Å². The molecule has 1 heterocycles. The third-order valence-corrected chi connectivity index (χ3v) is 3.29. The van der Waals surface area contributed by atoms with Gasteiger partial charge in [0, 0.05) is 0 Å². The Bertz CT molecular complexity index is 357. The van der Waals surface area contributed by atoms with Crippen molar-refractivity contribution in [1.82, 2.24) is 4.98 Å². The van der Waals surface area contributed by atoms with Crippen LogP contribution in [0, 0.1) is 0 Å². The number of hydrogen-bond acceptors (Lipinski definition) is 3. The lowest BCUT2D eigenvalue weighted by Crippen LogP contribution is -2.10. The summed E-state index contributed by atoms with van der Waals surface area (Å²) < 4.78 is 11.7. The summed E-state index contributed by atoms with van der Waals surface area (Å²) >= 11 is 0. The Balaban J connectivity index is 3.22. The van der Waals surface area contributed by atoms with E-state index in [4.69, 9.17) is 5.73 Å². The summed E-state index contributed by atoms with van der Waals surface area (Å²) in [6.45, 7) is 5.45. The van der Waals surface area contributed by atoms with Crippen LogP contribution in [0.4, 0.5) is 5.69 Å². The molecule has 0 saturated carbocycles. The van der Waals surface area contributed by atoms with Gasteiger partial charge in [-0.1, -0.05) is 6.92 Å². The second-order valence-electron chi connectivity index (χ2n) is 3.45. The number of hydrogen-bond donors (Lipinski definition) is 1. The number of pyridine rings is 1. The molecule has 0 aliphatic rings. The maximum absolute atomic E-state index is 11.7. The largest absolute Gasteiger partial charge is 0.397 e. The summed E-state index contributed by atoms with van der Waals surface area (Å²) in [6.07, 6.45) is 2.44. The van der Waals surface area contributed by atoms with Crippen molar-refractivity contribution < 1.29 is 4.57 Å². The third kappa shape index (κ3) is 2.31. The molecule has 0 spiro atoms. The van der Waals surface area contributed by atoms with Crippen LogP contribution in [0.25, 0.3) is 0 Å². The maximum Gasteiger partial charge on any atom is 0.127 e. The predicted molar refractivity (Wildman–Crippen MR) is 57.1 cm³/mol. The van der Waals surface area contributed by atoms with E-state index in [9.17, 15) is 4.57 Å². The van der Waals surface area contributed by atoms with Crippen molar-refractivity contribution in [2.24, 2.45) is 0 Å². The van der Waals surface area contributed by atoms with E-state index in [0.717, 1.165) is 12.0 Å². The fourth-order valence-electron chi connectivity index (χ4n) is 1.10. The number of anilines is 1. The molecule has 3 nitrogen and oxygen atoms in total. The summed E-state index contributed by atoms with van der Waals surface area (Å²) in [6, 6.07) is 1.84. The number of aromatic nitrogens is 1. The zero-order valence-corrected chi connectivity index (χ0v) is 9.14. The fourth-order valence-corrected chi connectivity index (χ4v) is 1.90. The molecule has 0 fully saturated rings. The van der Waals surface area contributed by atoms with Crippen LogP contribution >= 0.6 is 7.14 Å². The molecular weight excluding hydrogens is 183 g/mol. The van der Waals surface area contributed by atoms with E-state index in [0.29, 0.717) is 11.1 Å². The molecule has 0 unspecified atom stereocenters. The average Bonchev–Trinajstić information content (AvgIpc) is 2.03. The Labute approximate surface area is 78.7 Å². The molecule has 0 aromatic carbocycles. The van der Waals surface area contributed by atoms with E-state index in [1.807, 2.05) is 13.0 Å². The lowest BCUT2D eigenvalue weighted by Gasteiger charge is -2.08. The molecule has 0 radical (unpaired) electrons. The molecule has 0 atom stereocenters. The highest BCUT2D eigenvalue weighted by Crippen LogP contribution is 2.34. The van der Waals surface area contributed by atoms with Crippen molar-refractivity contribution in [3.63, 3.8) is 0 Å². The molecule has 0 saturated heterocycles. The van der Waals surface area contributed by atoms with Crippen LogP contribution in [0.5, 0.6) is 0 Å². The Morgan fingerprint density at radius 3 is 2.62 bits per heavy atom. The van der Waals surface area contributed by atoms with Gasteiger partial charge < -0.3 is 10.3 Å². The fraction of sp³-hybridized carbons (Fsp3) is 0.444. The van der Waals surface area contributed by atoms with Gasteiger partial charge in [0.05, 0.1) is 17.3 Å². The maximum atomic E-state index is 11.7. The second kappa shape index (κ2) is 3.51. The van der Waals surface area contributed by atoms with E-state index in [-0.39, 0.29) is 0 Å². The van der Waals surface area contributed by atoms with Crippen LogP contribution in [0.3, 0.4) is 0 Å². The van der Waals surface area contributed by atoms with Crippen molar-refractivity contribution in [2.45, 2.75) is 13.3 Å². The van der Waals surface area contributed by atoms with Gasteiger partial charge in [-0.2, -0.15) is 0 Å². The summed E-state index contributed by atoms with van der Waals surface area (Å²) in [4.78, 5) is 4.07. The Morgan fingerprint density at radius 2 is 2.15 bits per heavy atom. The predicted octanol–water partition coefficient (Wildman–Crippen LogP) is 1.47. The van der Waals surface area contributed by atoms with E-state index in [1.165, 1.54) is 0 Å². The van der Waals surface area contributed by atoms with Gasteiger partial charge in [-0.25, -0.2) is 0 Å². The summed E-state index contributed by atoms with van der Waals surface area (Å²) in [5.41, 5.74) is 8.06. The average molecular weight is 198 g/mol. The SMILES string of the molecule is CCc1cc(P(C)(C)=O)ncc1N. The van der Waals surface area contributed by atoms with Gasteiger partial charge in [-0.15, -0.1) is 0 Å². The number of nitrogens with zero attached hydrogens (tertiary/aromatic N) is 1. The minimum absolute atomic E-state index is 0.665. The summed E-state index contributed by atoms with van der Waals surface area (Å²) in [7, 11) is -2.24. The lowest BCUT2D eigenvalue weighted by atomic mass is 10.2. The van der Waals surface area contributed by atoms with Crippen molar-refractivity contribution in [2.75, 3.05) is 19.1 Å². The molecule has 1 aromatic rings. The molecule has 0 bridgehead atoms. The summed E-state index contributed by atoms with van der Waals surface area (Å²) in [5.74, 6) is 0. The minimum Gasteiger partial charge on any atom is -0.397 e. The molecule has 0 aliphatic carbocycles. The number of nitrogen functional groups attached to an aromatic ring is 1. The van der Waals surface area contributed by atoms with Crippen LogP contribution in [-0.4, -0.2) is 18.3 Å². The third-order valence-electron chi connectivity index (χ3n) is 1.94. The first-order valence-electron chi connectivity index (χ1n) is 4.25. The molecule has 0 aliphatic heterocycles. The minimum atomic E-state index is -2.24. The first-order chi connectivity index (χ1) is 5.95. The van der Waals surface area contributed by atoms with Gasteiger partial charge in [-0.3, -0.25) is 4.98 Å². The Morgan fingerprint density at radius 1 is 1.54 bits per heavy atom. The molecule has 4 heteroatoms. The summed E-state index contributed by atoms with van der Waals surface area (Å²) in [5, 5.41) is 0. The molecule has 1 rings (SSSR count). The van der Waals surface area contributed by atoms with E-state index >= 15 is 0 Å². The van der Waals surface area contributed by atoms with Crippen LogP contribution < -0.4 is 11.2 Å². The van der Waals surface area contributed by atoms with Crippen LogP contribution in [-0.2, 0) is 11.0 Å². The normalized spacial score (nSPS) is 11.6. The molecule has 2 N–H and O–H groups in total. The molecular formula is C9H15N2OP. The van der Waals surface area contributed by atoms with Gasteiger partial charge in [0.15, 0.2) is 0 Å². The Kier molecular flexibility index (Phi) is 2.77. The van der Waals surface area contributed by atoms with E-state index in [2.05, 4.69) is 4.98 Å². The van der Waals surface area contributed by atoms with Gasteiger partial charge in [0.1, 0.15) is 7.14 Å². The van der Waals surface area contributed by atoms with Crippen molar-refractivity contribution in [3.8, 4) is 0 Å². The number of aryl methyl sites for hydroxylation is 1. The first-order valence-corrected chi connectivity index (χ1v) is 6.85. The number of nitrogens with two attached hydrogens (primary N) is 1. The van der Waals surface area contributed by atoms with Crippen molar-refractivity contribution >= 4 is 18.3 Å². The molecule has 0 amide bonds. The molecule has 13 heavy (non-hydrogen) atoms. The smallest absolute Gasteiger partial charge is 0.127 e. The topological polar surface area (TPSA) is 56.0 Å². The van der Waals surface area contributed by atoms with Crippen molar-refractivity contribution in [1.29, 1.82) is 0 Å². The highest BCUT2D eigenvalue weighted by atomic mass is 31.2. The molecule has 72 valence electrons. The zero-order valence-electron chi connectivity index (χ0n) is 8.24. The quantitative estimate of drug-likeness (QED) is 0.732. The van der Waals surface area contributed by atoms with Gasteiger partial charge in [0.2, 0.25) is 0 Å². The highest BCUT2D eigenvalue weighted by Gasteiger charge is 2.13. The van der Waals surface area contributed by atoms with Crippen LogP contribution in [0.1, 0.15) is 12.5 Å². The van der Waals surface area contributed by atoms with Crippen molar-refractivity contribution in [3.05, 3.63) is 17.8 Å². The van der Waals surface area contributed by atoms with E-state index in [1.54, 1.807) is 19.5 Å². The van der Waals surface area contributed by atoms with Gasteiger partial charge in [0.25, 0.3) is 0 Å². The standard InChI is InChI=1S/C9H15N2OP/c1-4-7-5-9(13(2,3)12)11-6-8(7)10/h5-6H,4,10H2,1-3H3. The van der Waals surface area contributed by atoms with Crippen LogP contribution in [0.15, 0.2) is 12.3 Å². The monoisotopic (exact) mass is 198 g/mol. The van der Waals surface area contributed by atoms with Crippen LogP contribution in [0.2, 0.25) is 0 Å². The van der Waals surface area contributed by atoms with Gasteiger partial charge in [-0.05, 0) is 31.4 Å². The van der Waals surface area contributed by atoms with Gasteiger partial charge >= 0.3 is 0 Å². The number of rotatable bonds is 2. The first kappa shape index (κ1) is 10.3. The zero-order chi connectivity index (χ0) is 10.1.